The van der Waals surface area contributed by atoms with Crippen LogP contribution in [-0.2, 0) is 7.05 Å². The maximum absolute atomic E-state index is 13.1. The van der Waals surface area contributed by atoms with Crippen molar-refractivity contribution in [1.82, 2.24) is 9.13 Å². The van der Waals surface area contributed by atoms with Gasteiger partial charge in [-0.15, -0.1) is 0 Å². The zero-order chi connectivity index (χ0) is 23.8. The van der Waals surface area contributed by atoms with Gasteiger partial charge >= 0.3 is 5.69 Å². The lowest BCUT2D eigenvalue weighted by Crippen LogP contribution is -2.20. The highest BCUT2D eigenvalue weighted by atomic mass is 16.2. The number of benzene rings is 4. The van der Waals surface area contributed by atoms with Gasteiger partial charge < -0.3 is 0 Å². The van der Waals surface area contributed by atoms with Gasteiger partial charge in [-0.1, -0.05) is 60.2 Å². The second kappa shape index (κ2) is 8.45. The fourth-order valence-corrected chi connectivity index (χ4v) is 4.14. The van der Waals surface area contributed by atoms with Crippen LogP contribution in [0.5, 0.6) is 0 Å². The van der Waals surface area contributed by atoms with Crippen LogP contribution in [0, 0.1) is 6.92 Å². The van der Waals surface area contributed by atoms with Gasteiger partial charge in [0.1, 0.15) is 0 Å². The second-order valence-electron chi connectivity index (χ2n) is 8.32. The normalized spacial score (nSPS) is 11.0. The summed E-state index contributed by atoms with van der Waals surface area (Å²) < 4.78 is 3.23. The van der Waals surface area contributed by atoms with Crippen molar-refractivity contribution in [3.05, 3.63) is 135 Å². The number of para-hydroxylation sites is 2. The Morgan fingerprint density at radius 2 is 1.15 bits per heavy atom. The molecule has 0 unspecified atom stereocenters. The number of imidazole rings is 1. The standard InChI is InChI=1S/C29H22N2O3/c1-19-10-12-20(13-11-19)27(32)22-6-5-7-23(18-22)28(33)21-14-16-24(17-15-21)31-26-9-4-3-8-25(26)30(2)29(31)34/h3-18H,1-2H3. The Balaban J connectivity index is 1.45. The fraction of sp³-hybridized carbons (Fsp3) is 0.0690. The third kappa shape index (κ3) is 3.67. The number of carbonyl (C=O) groups excluding carboxylic acids is 2. The summed E-state index contributed by atoms with van der Waals surface area (Å²) in [5.74, 6) is -0.310. The minimum atomic E-state index is -0.185. The van der Waals surface area contributed by atoms with Crippen molar-refractivity contribution in [2.45, 2.75) is 6.92 Å². The molecule has 0 radical (unpaired) electrons. The van der Waals surface area contributed by atoms with Crippen LogP contribution in [0.1, 0.15) is 37.4 Å². The van der Waals surface area contributed by atoms with E-state index in [1.54, 1.807) is 76.8 Å². The molecule has 5 aromatic rings. The van der Waals surface area contributed by atoms with Gasteiger partial charge in [0.2, 0.25) is 0 Å². The Labute approximate surface area is 196 Å². The molecule has 0 aliphatic carbocycles. The van der Waals surface area contributed by atoms with E-state index < -0.39 is 0 Å². The van der Waals surface area contributed by atoms with Crippen molar-refractivity contribution in [2.75, 3.05) is 0 Å². The number of hydrogen-bond donors (Lipinski definition) is 0. The first-order valence-corrected chi connectivity index (χ1v) is 11.0. The zero-order valence-electron chi connectivity index (χ0n) is 18.9. The first-order chi connectivity index (χ1) is 16.4. The van der Waals surface area contributed by atoms with Crippen molar-refractivity contribution >= 4 is 22.6 Å². The number of fused-ring (bicyclic) bond motifs is 1. The molecule has 5 nitrogen and oxygen atoms in total. The van der Waals surface area contributed by atoms with Crippen LogP contribution in [0.25, 0.3) is 16.7 Å². The van der Waals surface area contributed by atoms with Gasteiger partial charge in [0.15, 0.2) is 11.6 Å². The van der Waals surface area contributed by atoms with Crippen molar-refractivity contribution in [1.29, 1.82) is 0 Å². The summed E-state index contributed by atoms with van der Waals surface area (Å²) in [5.41, 5.74) is 5.22. The number of hydrogen-bond acceptors (Lipinski definition) is 3. The molecule has 1 heterocycles. The Kier molecular flexibility index (Phi) is 5.30. The van der Waals surface area contributed by atoms with E-state index in [1.165, 1.54) is 0 Å². The maximum atomic E-state index is 13.1. The molecule has 0 bridgehead atoms. The summed E-state index contributed by atoms with van der Waals surface area (Å²) in [6.45, 7) is 1.97. The smallest absolute Gasteiger partial charge is 0.295 e. The molecule has 0 N–H and O–H groups in total. The predicted molar refractivity (Wildman–Crippen MR) is 133 cm³/mol. The Morgan fingerprint density at radius 1 is 0.618 bits per heavy atom. The third-order valence-electron chi connectivity index (χ3n) is 6.05. The molecule has 0 spiro atoms. The summed E-state index contributed by atoms with van der Waals surface area (Å²) in [5, 5.41) is 0. The van der Waals surface area contributed by atoms with E-state index in [2.05, 4.69) is 0 Å². The number of aromatic nitrogens is 2. The van der Waals surface area contributed by atoms with Crippen LogP contribution in [0.15, 0.2) is 102 Å². The van der Waals surface area contributed by atoms with Crippen molar-refractivity contribution < 1.29 is 9.59 Å². The number of carbonyl (C=O) groups is 2. The van der Waals surface area contributed by atoms with Crippen molar-refractivity contribution in [2.24, 2.45) is 7.05 Å². The molecule has 0 fully saturated rings. The molecule has 0 atom stereocenters. The van der Waals surface area contributed by atoms with E-state index >= 15 is 0 Å². The lowest BCUT2D eigenvalue weighted by Gasteiger charge is -2.07. The number of aryl methyl sites for hydroxylation is 2. The molecule has 0 saturated heterocycles. The lowest BCUT2D eigenvalue weighted by molar-refractivity contribution is 0.103. The first-order valence-electron chi connectivity index (χ1n) is 11.0. The van der Waals surface area contributed by atoms with Gasteiger partial charge in [0, 0.05) is 29.3 Å². The first kappa shape index (κ1) is 21.3. The zero-order valence-corrected chi connectivity index (χ0v) is 18.9. The summed E-state index contributed by atoms with van der Waals surface area (Å²) in [4.78, 5) is 38.8. The van der Waals surface area contributed by atoms with Gasteiger partial charge in [-0.05, 0) is 49.4 Å². The van der Waals surface area contributed by atoms with E-state index in [0.717, 1.165) is 16.6 Å². The van der Waals surface area contributed by atoms with Crippen LogP contribution in [0.4, 0.5) is 0 Å². The predicted octanol–water partition coefficient (Wildman–Crippen LogP) is 5.10. The minimum absolute atomic E-state index is 0.125. The molecule has 0 aliphatic rings. The summed E-state index contributed by atoms with van der Waals surface area (Å²) in [6.07, 6.45) is 0. The van der Waals surface area contributed by atoms with Crippen LogP contribution < -0.4 is 5.69 Å². The SMILES string of the molecule is Cc1ccc(C(=O)c2cccc(C(=O)c3ccc(-n4c(=O)n(C)c5ccccc54)cc3)c2)cc1. The maximum Gasteiger partial charge on any atom is 0.333 e. The molecule has 4 aromatic carbocycles. The number of ketones is 2. The molecule has 1 aromatic heterocycles. The summed E-state index contributed by atoms with van der Waals surface area (Å²) in [6, 6.07) is 28.7. The average Bonchev–Trinajstić information content (AvgIpc) is 3.13. The van der Waals surface area contributed by atoms with E-state index in [0.29, 0.717) is 27.9 Å². The second-order valence-corrected chi connectivity index (χ2v) is 8.32. The summed E-state index contributed by atoms with van der Waals surface area (Å²) in [7, 11) is 1.74. The lowest BCUT2D eigenvalue weighted by atomic mass is 9.97. The molecule has 5 heteroatoms. The molecular formula is C29H22N2O3. The van der Waals surface area contributed by atoms with Crippen LogP contribution in [0.2, 0.25) is 0 Å². The van der Waals surface area contributed by atoms with E-state index in [4.69, 9.17) is 0 Å². The molecule has 0 aliphatic heterocycles. The van der Waals surface area contributed by atoms with E-state index in [1.807, 2.05) is 43.3 Å². The van der Waals surface area contributed by atoms with Gasteiger partial charge in [-0.2, -0.15) is 0 Å². The van der Waals surface area contributed by atoms with Crippen molar-refractivity contribution in [3.63, 3.8) is 0 Å². The topological polar surface area (TPSA) is 61.1 Å². The van der Waals surface area contributed by atoms with Crippen molar-refractivity contribution in [3.8, 4) is 5.69 Å². The van der Waals surface area contributed by atoms with Crippen LogP contribution in [0.3, 0.4) is 0 Å². The summed E-state index contributed by atoms with van der Waals surface area (Å²) >= 11 is 0. The van der Waals surface area contributed by atoms with Crippen LogP contribution >= 0.6 is 0 Å². The Morgan fingerprint density at radius 3 is 1.74 bits per heavy atom. The fourth-order valence-electron chi connectivity index (χ4n) is 4.14. The molecule has 5 rings (SSSR count). The molecular weight excluding hydrogens is 424 g/mol. The highest BCUT2D eigenvalue weighted by Crippen LogP contribution is 2.20. The van der Waals surface area contributed by atoms with Crippen LogP contribution in [-0.4, -0.2) is 20.7 Å². The van der Waals surface area contributed by atoms with Gasteiger partial charge in [-0.25, -0.2) is 4.79 Å². The van der Waals surface area contributed by atoms with E-state index in [9.17, 15) is 14.4 Å². The molecule has 0 amide bonds. The quantitative estimate of drug-likeness (QED) is 0.353. The highest BCUT2D eigenvalue weighted by Gasteiger charge is 2.15. The molecule has 166 valence electrons. The van der Waals surface area contributed by atoms with Gasteiger partial charge in [-0.3, -0.25) is 18.7 Å². The monoisotopic (exact) mass is 446 g/mol. The van der Waals surface area contributed by atoms with E-state index in [-0.39, 0.29) is 17.3 Å². The Bertz CT molecular complexity index is 1600. The van der Waals surface area contributed by atoms with Gasteiger partial charge in [0.25, 0.3) is 0 Å². The minimum Gasteiger partial charge on any atom is -0.295 e. The Hall–Kier alpha value is -4.51. The third-order valence-corrected chi connectivity index (χ3v) is 6.05. The number of nitrogens with zero attached hydrogens (tertiary/aromatic N) is 2. The largest absolute Gasteiger partial charge is 0.333 e. The molecule has 34 heavy (non-hydrogen) atoms. The van der Waals surface area contributed by atoms with Gasteiger partial charge in [0.05, 0.1) is 16.7 Å². The highest BCUT2D eigenvalue weighted by molar-refractivity contribution is 6.13. The number of rotatable bonds is 5. The molecule has 0 saturated carbocycles. The average molecular weight is 447 g/mol.